The van der Waals surface area contributed by atoms with Crippen molar-refractivity contribution in [2.24, 2.45) is 5.73 Å². The van der Waals surface area contributed by atoms with E-state index in [4.69, 9.17) is 14.7 Å². The van der Waals surface area contributed by atoms with E-state index in [0.29, 0.717) is 5.75 Å². The molecule has 1 aliphatic carbocycles. The Labute approximate surface area is 161 Å². The maximum absolute atomic E-state index is 14.0. The summed E-state index contributed by atoms with van der Waals surface area (Å²) in [7, 11) is 0. The number of carbonyl (C=O) groups excluding carboxylic acids is 1. The molecule has 0 saturated carbocycles. The van der Waals surface area contributed by atoms with Crippen LogP contribution in [-0.4, -0.2) is 11.5 Å². The first-order valence-electron chi connectivity index (χ1n) is 8.29. The van der Waals surface area contributed by atoms with E-state index >= 15 is 0 Å². The molecule has 4 nitrogen and oxygen atoms in total. The van der Waals surface area contributed by atoms with E-state index in [0.717, 1.165) is 30.1 Å². The van der Waals surface area contributed by atoms with Gasteiger partial charge in [-0.1, -0.05) is 42.5 Å². The molecule has 0 bridgehead atoms. The van der Waals surface area contributed by atoms with Gasteiger partial charge in [0.15, 0.2) is 29.3 Å². The van der Waals surface area contributed by atoms with Crippen LogP contribution in [0.1, 0.15) is 31.9 Å². The van der Waals surface area contributed by atoms with Gasteiger partial charge in [0.05, 0.1) is 17.8 Å². The molecular formula is C20H21F2NO3S. The number of hydrogen-bond donors (Lipinski definition) is 1. The molecular weight excluding hydrogens is 372 g/mol. The Morgan fingerprint density at radius 2 is 2.07 bits per heavy atom. The fraction of sp³-hybridized carbons (Fsp3) is 0.250. The number of benzene rings is 1. The van der Waals surface area contributed by atoms with E-state index < -0.39 is 23.5 Å². The molecule has 0 aliphatic heterocycles. The Bertz CT molecular complexity index is 815. The summed E-state index contributed by atoms with van der Waals surface area (Å²) in [5, 5.41) is 0. The molecule has 0 aromatic heterocycles. The Kier molecular flexibility index (Phi) is 7.67. The van der Waals surface area contributed by atoms with Crippen LogP contribution in [0.4, 0.5) is 8.78 Å². The molecule has 1 aromatic rings. The Morgan fingerprint density at radius 3 is 2.81 bits per heavy atom. The smallest absolute Gasteiger partial charge is 0.225 e. The van der Waals surface area contributed by atoms with Gasteiger partial charge in [0.1, 0.15) is 0 Å². The Hall–Kier alpha value is -2.54. The minimum Gasteiger partial charge on any atom is -0.461 e. The van der Waals surface area contributed by atoms with E-state index in [1.807, 2.05) is 24.3 Å². The van der Waals surface area contributed by atoms with Gasteiger partial charge in [-0.25, -0.2) is 8.78 Å². The van der Waals surface area contributed by atoms with Crippen LogP contribution in [0.25, 0.3) is 0 Å². The normalized spacial score (nSPS) is 15.5. The highest BCUT2D eigenvalue weighted by Crippen LogP contribution is 2.26. The van der Waals surface area contributed by atoms with Crippen LogP contribution in [0, 0.1) is 11.6 Å². The minimum atomic E-state index is -1.36. The van der Waals surface area contributed by atoms with Gasteiger partial charge >= 0.3 is 0 Å². The zero-order chi connectivity index (χ0) is 19.8. The second-order valence-electron chi connectivity index (χ2n) is 5.82. The van der Waals surface area contributed by atoms with Gasteiger partial charge < -0.3 is 14.7 Å². The molecule has 2 rings (SSSR count). The standard InChI is InChI=1S/C20H21F2NO3S/c1-13(24)19(16-10-7-11-17(21)18(16)22)25-20(23)14(2)26-27-12-15-8-5-3-4-6-9-15/h3-5,7-11,19H,6,12,23H2,1-2H3/b20-14+. The van der Waals surface area contributed by atoms with Crippen molar-refractivity contribution in [2.75, 3.05) is 5.75 Å². The number of halogens is 2. The third-order valence-corrected chi connectivity index (χ3v) is 4.53. The van der Waals surface area contributed by atoms with E-state index in [2.05, 4.69) is 6.08 Å². The second-order valence-corrected chi connectivity index (χ2v) is 6.51. The molecule has 0 radical (unpaired) electrons. The maximum atomic E-state index is 14.0. The fourth-order valence-corrected chi connectivity index (χ4v) is 2.92. The lowest BCUT2D eigenvalue weighted by molar-refractivity contribution is -0.126. The summed E-state index contributed by atoms with van der Waals surface area (Å²) in [6.45, 7) is 2.78. The number of ether oxygens (including phenoxy) is 1. The average Bonchev–Trinajstić information content (AvgIpc) is 2.90. The highest BCUT2D eigenvalue weighted by molar-refractivity contribution is 7.94. The van der Waals surface area contributed by atoms with Crippen molar-refractivity contribution in [3.63, 3.8) is 0 Å². The number of rotatable bonds is 8. The van der Waals surface area contributed by atoms with Crippen molar-refractivity contribution in [1.29, 1.82) is 0 Å². The van der Waals surface area contributed by atoms with Crippen molar-refractivity contribution in [2.45, 2.75) is 26.4 Å². The van der Waals surface area contributed by atoms with Gasteiger partial charge in [0, 0.05) is 12.5 Å². The molecule has 1 atom stereocenters. The molecule has 0 spiro atoms. The topological polar surface area (TPSA) is 61.5 Å². The number of ketones is 1. The molecule has 144 valence electrons. The van der Waals surface area contributed by atoms with Gasteiger partial charge in [-0.2, -0.15) is 0 Å². The second kappa shape index (κ2) is 9.97. The number of carbonyl (C=O) groups is 1. The van der Waals surface area contributed by atoms with Crippen molar-refractivity contribution < 1.29 is 22.5 Å². The molecule has 27 heavy (non-hydrogen) atoms. The third kappa shape index (κ3) is 5.99. The van der Waals surface area contributed by atoms with Crippen molar-refractivity contribution in [3.8, 4) is 0 Å². The first-order chi connectivity index (χ1) is 12.9. The van der Waals surface area contributed by atoms with Crippen LogP contribution >= 0.6 is 12.0 Å². The summed E-state index contributed by atoms with van der Waals surface area (Å²) in [5.74, 6) is -2.05. The summed E-state index contributed by atoms with van der Waals surface area (Å²) in [5.41, 5.74) is 6.72. The van der Waals surface area contributed by atoms with E-state index in [1.165, 1.54) is 19.1 Å². The number of nitrogens with two attached hydrogens (primary N) is 1. The predicted molar refractivity (Wildman–Crippen MR) is 102 cm³/mol. The summed E-state index contributed by atoms with van der Waals surface area (Å²) >= 11 is 1.16. The van der Waals surface area contributed by atoms with E-state index in [-0.39, 0.29) is 17.2 Å². The number of allylic oxidation sites excluding steroid dienone is 6. The molecule has 2 N–H and O–H groups in total. The zero-order valence-corrected chi connectivity index (χ0v) is 15.9. The number of hydrogen-bond acceptors (Lipinski definition) is 5. The van der Waals surface area contributed by atoms with E-state index in [1.54, 1.807) is 6.92 Å². The third-order valence-electron chi connectivity index (χ3n) is 3.71. The highest BCUT2D eigenvalue weighted by atomic mass is 32.2. The van der Waals surface area contributed by atoms with Crippen LogP contribution in [0.5, 0.6) is 0 Å². The molecule has 0 heterocycles. The van der Waals surface area contributed by atoms with Gasteiger partial charge in [-0.05, 0) is 25.0 Å². The van der Waals surface area contributed by atoms with Crippen LogP contribution in [0.15, 0.2) is 65.8 Å². The first kappa shape index (κ1) is 20.8. The molecule has 1 aliphatic rings. The van der Waals surface area contributed by atoms with Crippen LogP contribution < -0.4 is 5.73 Å². The quantitative estimate of drug-likeness (QED) is 0.504. The lowest BCUT2D eigenvalue weighted by Gasteiger charge is -2.18. The lowest BCUT2D eigenvalue weighted by Crippen LogP contribution is -2.19. The molecule has 0 fully saturated rings. The zero-order valence-electron chi connectivity index (χ0n) is 15.1. The van der Waals surface area contributed by atoms with Gasteiger partial charge in [0.25, 0.3) is 0 Å². The largest absolute Gasteiger partial charge is 0.461 e. The van der Waals surface area contributed by atoms with Gasteiger partial charge in [0.2, 0.25) is 5.88 Å². The highest BCUT2D eigenvalue weighted by Gasteiger charge is 2.25. The Balaban J connectivity index is 2.02. The number of Topliss-reactive ketones (excluding diaryl/α,β-unsaturated/α-hetero) is 1. The average molecular weight is 393 g/mol. The molecule has 1 unspecified atom stereocenters. The van der Waals surface area contributed by atoms with Gasteiger partial charge in [-0.3, -0.25) is 4.79 Å². The lowest BCUT2D eigenvalue weighted by atomic mass is 10.1. The predicted octanol–water partition coefficient (Wildman–Crippen LogP) is 4.87. The summed E-state index contributed by atoms with van der Waals surface area (Å²) < 4.78 is 38.3. The molecule has 1 aromatic carbocycles. The maximum Gasteiger partial charge on any atom is 0.225 e. The molecule has 7 heteroatoms. The van der Waals surface area contributed by atoms with Crippen LogP contribution in [-0.2, 0) is 13.7 Å². The fourth-order valence-electron chi connectivity index (χ4n) is 2.26. The van der Waals surface area contributed by atoms with Crippen LogP contribution in [0.2, 0.25) is 0 Å². The Morgan fingerprint density at radius 1 is 1.30 bits per heavy atom. The van der Waals surface area contributed by atoms with Crippen molar-refractivity contribution in [1.82, 2.24) is 0 Å². The van der Waals surface area contributed by atoms with E-state index in [9.17, 15) is 13.6 Å². The molecule has 0 amide bonds. The summed E-state index contributed by atoms with van der Waals surface area (Å²) in [6, 6.07) is 3.54. The van der Waals surface area contributed by atoms with Crippen molar-refractivity contribution in [3.05, 3.63) is 83.0 Å². The molecule has 0 saturated heterocycles. The summed E-state index contributed by atoms with van der Waals surface area (Å²) in [6.07, 6.45) is 9.51. The SMILES string of the molecule is CC(=O)C(O/C(N)=C(\C)OSCC1=CCC=CC=C1)c1cccc(F)c1F. The summed E-state index contributed by atoms with van der Waals surface area (Å²) in [4.78, 5) is 11.9. The first-order valence-corrected chi connectivity index (χ1v) is 9.20. The van der Waals surface area contributed by atoms with Crippen molar-refractivity contribution >= 4 is 17.8 Å². The monoisotopic (exact) mass is 393 g/mol. The van der Waals surface area contributed by atoms with Crippen LogP contribution in [0.3, 0.4) is 0 Å². The minimum absolute atomic E-state index is 0.168. The van der Waals surface area contributed by atoms with Gasteiger partial charge in [-0.15, -0.1) is 0 Å².